The predicted molar refractivity (Wildman–Crippen MR) is 88.5 cm³/mol. The molecule has 1 fully saturated rings. The summed E-state index contributed by atoms with van der Waals surface area (Å²) in [7, 11) is 0. The molecular formula is C17H27N3O. The first-order valence-electron chi connectivity index (χ1n) is 8.06. The Hall–Kier alpha value is -1.71. The molecule has 4 nitrogen and oxygen atoms in total. The lowest BCUT2D eigenvalue weighted by Crippen LogP contribution is -2.27. The summed E-state index contributed by atoms with van der Waals surface area (Å²) < 4.78 is 0. The van der Waals surface area contributed by atoms with Crippen LogP contribution in [-0.2, 0) is 0 Å². The van der Waals surface area contributed by atoms with E-state index in [-0.39, 0.29) is 5.91 Å². The molecule has 4 N–H and O–H groups in total. The quantitative estimate of drug-likeness (QED) is 0.588. The van der Waals surface area contributed by atoms with Crippen molar-refractivity contribution in [3.8, 4) is 0 Å². The SMILES string of the molecule is CCNC(=O)c1ccc(NC2CCCCCC2C)c(N)c1. The molecule has 0 radical (unpaired) electrons. The maximum Gasteiger partial charge on any atom is 0.251 e. The van der Waals surface area contributed by atoms with Crippen molar-refractivity contribution in [3.05, 3.63) is 23.8 Å². The van der Waals surface area contributed by atoms with E-state index >= 15 is 0 Å². The van der Waals surface area contributed by atoms with Crippen molar-refractivity contribution in [2.24, 2.45) is 5.92 Å². The molecule has 2 rings (SSSR count). The normalized spacial score (nSPS) is 22.4. The third-order valence-corrected chi connectivity index (χ3v) is 4.35. The number of rotatable bonds is 4. The van der Waals surface area contributed by atoms with E-state index in [1.54, 1.807) is 6.07 Å². The van der Waals surface area contributed by atoms with Crippen LogP contribution < -0.4 is 16.4 Å². The second kappa shape index (κ2) is 7.34. The van der Waals surface area contributed by atoms with Gasteiger partial charge in [-0.1, -0.05) is 26.2 Å². The van der Waals surface area contributed by atoms with Gasteiger partial charge in [0.1, 0.15) is 0 Å². The van der Waals surface area contributed by atoms with Crippen molar-refractivity contribution in [2.45, 2.75) is 52.0 Å². The van der Waals surface area contributed by atoms with Crippen molar-refractivity contribution >= 4 is 17.3 Å². The molecule has 0 bridgehead atoms. The van der Waals surface area contributed by atoms with Crippen LogP contribution in [0.2, 0.25) is 0 Å². The standard InChI is InChI=1S/C17H27N3O/c1-3-19-17(21)13-9-10-16(14(18)11-13)20-15-8-6-4-5-7-12(15)2/h9-12,15,20H,3-8,18H2,1-2H3,(H,19,21). The number of hydrogen-bond acceptors (Lipinski definition) is 3. The second-order valence-electron chi connectivity index (χ2n) is 6.03. The first kappa shape index (κ1) is 15.7. The molecule has 4 heteroatoms. The van der Waals surface area contributed by atoms with E-state index in [0.717, 1.165) is 5.69 Å². The summed E-state index contributed by atoms with van der Waals surface area (Å²) in [4.78, 5) is 11.8. The molecule has 2 atom stereocenters. The Bertz CT molecular complexity index is 487. The number of carbonyl (C=O) groups excluding carboxylic acids is 1. The second-order valence-corrected chi connectivity index (χ2v) is 6.03. The summed E-state index contributed by atoms with van der Waals surface area (Å²) in [6, 6.07) is 6.00. The van der Waals surface area contributed by atoms with Crippen molar-refractivity contribution in [3.63, 3.8) is 0 Å². The van der Waals surface area contributed by atoms with E-state index in [1.165, 1.54) is 32.1 Å². The summed E-state index contributed by atoms with van der Waals surface area (Å²) in [5.41, 5.74) is 8.33. The molecule has 116 valence electrons. The molecule has 1 amide bonds. The van der Waals surface area contributed by atoms with E-state index in [1.807, 2.05) is 19.1 Å². The van der Waals surface area contributed by atoms with Crippen molar-refractivity contribution in [2.75, 3.05) is 17.6 Å². The largest absolute Gasteiger partial charge is 0.397 e. The summed E-state index contributed by atoms with van der Waals surface area (Å²) in [5.74, 6) is 0.591. The van der Waals surface area contributed by atoms with Crippen LogP contribution in [0.1, 0.15) is 56.3 Å². The zero-order chi connectivity index (χ0) is 15.2. The highest BCUT2D eigenvalue weighted by molar-refractivity contribution is 5.96. The number of carbonyl (C=O) groups is 1. The summed E-state index contributed by atoms with van der Waals surface area (Å²) in [5, 5.41) is 6.37. The molecule has 1 aliphatic carbocycles. The lowest BCUT2D eigenvalue weighted by atomic mass is 9.96. The Labute approximate surface area is 127 Å². The molecule has 1 aromatic rings. The van der Waals surface area contributed by atoms with Crippen LogP contribution in [0.3, 0.4) is 0 Å². The average Bonchev–Trinajstić information content (AvgIpc) is 2.66. The first-order chi connectivity index (χ1) is 10.1. The molecule has 0 saturated heterocycles. The van der Waals surface area contributed by atoms with Crippen LogP contribution in [0.5, 0.6) is 0 Å². The average molecular weight is 289 g/mol. The lowest BCUT2D eigenvalue weighted by molar-refractivity contribution is 0.0956. The number of benzene rings is 1. The highest BCUT2D eigenvalue weighted by atomic mass is 16.1. The molecule has 1 aromatic carbocycles. The Morgan fingerprint density at radius 3 is 2.76 bits per heavy atom. The van der Waals surface area contributed by atoms with Gasteiger partial charge in [-0.05, 0) is 43.9 Å². The molecule has 21 heavy (non-hydrogen) atoms. The molecule has 1 aliphatic rings. The van der Waals surface area contributed by atoms with Gasteiger partial charge in [0.2, 0.25) is 0 Å². The number of nitrogen functional groups attached to an aromatic ring is 1. The van der Waals surface area contributed by atoms with Crippen molar-refractivity contribution < 1.29 is 4.79 Å². The number of nitrogens with two attached hydrogens (primary N) is 1. The number of hydrogen-bond donors (Lipinski definition) is 3. The van der Waals surface area contributed by atoms with E-state index in [0.29, 0.717) is 29.8 Å². The van der Waals surface area contributed by atoms with E-state index in [4.69, 9.17) is 5.73 Å². The topological polar surface area (TPSA) is 67.2 Å². The van der Waals surface area contributed by atoms with Gasteiger partial charge in [-0.3, -0.25) is 4.79 Å². The fourth-order valence-electron chi connectivity index (χ4n) is 3.01. The van der Waals surface area contributed by atoms with Gasteiger partial charge in [0.15, 0.2) is 0 Å². The van der Waals surface area contributed by atoms with Crippen LogP contribution >= 0.6 is 0 Å². The first-order valence-corrected chi connectivity index (χ1v) is 8.06. The minimum Gasteiger partial charge on any atom is -0.397 e. The van der Waals surface area contributed by atoms with E-state index in [9.17, 15) is 4.79 Å². The van der Waals surface area contributed by atoms with Crippen LogP contribution in [0.4, 0.5) is 11.4 Å². The highest BCUT2D eigenvalue weighted by Crippen LogP contribution is 2.28. The summed E-state index contributed by atoms with van der Waals surface area (Å²) in [6.45, 7) is 4.84. The van der Waals surface area contributed by atoms with Crippen LogP contribution in [-0.4, -0.2) is 18.5 Å². The van der Waals surface area contributed by atoms with Crippen molar-refractivity contribution in [1.29, 1.82) is 0 Å². The summed E-state index contributed by atoms with van der Waals surface area (Å²) >= 11 is 0. The number of anilines is 2. The smallest absolute Gasteiger partial charge is 0.251 e. The summed E-state index contributed by atoms with van der Waals surface area (Å²) in [6.07, 6.45) is 6.39. The number of amides is 1. The molecule has 2 unspecified atom stereocenters. The Morgan fingerprint density at radius 1 is 1.29 bits per heavy atom. The van der Waals surface area contributed by atoms with Gasteiger partial charge < -0.3 is 16.4 Å². The molecular weight excluding hydrogens is 262 g/mol. The van der Waals surface area contributed by atoms with Crippen LogP contribution in [0.25, 0.3) is 0 Å². The Kier molecular flexibility index (Phi) is 5.48. The van der Waals surface area contributed by atoms with Gasteiger partial charge in [-0.2, -0.15) is 0 Å². The molecule has 0 aromatic heterocycles. The van der Waals surface area contributed by atoms with Crippen LogP contribution in [0, 0.1) is 5.92 Å². The van der Waals surface area contributed by atoms with Gasteiger partial charge in [0, 0.05) is 18.2 Å². The van der Waals surface area contributed by atoms with Crippen molar-refractivity contribution in [1.82, 2.24) is 5.32 Å². The zero-order valence-corrected chi connectivity index (χ0v) is 13.1. The van der Waals surface area contributed by atoms with E-state index < -0.39 is 0 Å². The minimum absolute atomic E-state index is 0.0708. The maximum atomic E-state index is 11.8. The fraction of sp³-hybridized carbons (Fsp3) is 0.588. The predicted octanol–water partition coefficient (Wildman–Crippen LogP) is 3.40. The number of nitrogens with one attached hydrogen (secondary N) is 2. The molecule has 0 spiro atoms. The Balaban J connectivity index is 2.08. The Morgan fingerprint density at radius 2 is 2.05 bits per heavy atom. The molecule has 0 heterocycles. The fourth-order valence-corrected chi connectivity index (χ4v) is 3.01. The molecule has 1 saturated carbocycles. The van der Waals surface area contributed by atoms with Gasteiger partial charge in [0.05, 0.1) is 11.4 Å². The molecule has 0 aliphatic heterocycles. The lowest BCUT2D eigenvalue weighted by Gasteiger charge is -2.25. The third kappa shape index (κ3) is 4.13. The zero-order valence-electron chi connectivity index (χ0n) is 13.1. The maximum absolute atomic E-state index is 11.8. The van der Waals surface area contributed by atoms with Gasteiger partial charge >= 0.3 is 0 Å². The van der Waals surface area contributed by atoms with Crippen LogP contribution in [0.15, 0.2) is 18.2 Å². The van der Waals surface area contributed by atoms with Gasteiger partial charge in [-0.25, -0.2) is 0 Å². The minimum atomic E-state index is -0.0708. The van der Waals surface area contributed by atoms with Gasteiger partial charge in [-0.15, -0.1) is 0 Å². The van der Waals surface area contributed by atoms with E-state index in [2.05, 4.69) is 17.6 Å². The monoisotopic (exact) mass is 289 g/mol. The highest BCUT2D eigenvalue weighted by Gasteiger charge is 2.20. The third-order valence-electron chi connectivity index (χ3n) is 4.35. The van der Waals surface area contributed by atoms with Gasteiger partial charge in [0.25, 0.3) is 5.91 Å².